The van der Waals surface area contributed by atoms with Crippen molar-refractivity contribution in [3.8, 4) is 0 Å². The molecule has 0 unspecified atom stereocenters. The van der Waals surface area contributed by atoms with Crippen molar-refractivity contribution in [1.82, 2.24) is 15.5 Å². The van der Waals surface area contributed by atoms with Gasteiger partial charge in [-0.2, -0.15) is 13.2 Å². The van der Waals surface area contributed by atoms with Gasteiger partial charge in [0.25, 0.3) is 0 Å². The molecule has 0 heterocycles. The number of likely N-dealkylation sites (N-methyl/N-ethyl adjacent to an activating group) is 1. The molecule has 146 valence electrons. The highest BCUT2D eigenvalue weighted by atomic mass is 19.4. The standard InChI is InChI=1S/C18H27F3N4O/c1-25(2)16(26)14-24-17(22-12-7-6-11-18(19,20)21)23-13-10-15-8-4-3-5-9-15/h3-5,8-9H,6-7,10-14H2,1-2H3,(H2,22,23,24). The summed E-state index contributed by atoms with van der Waals surface area (Å²) in [5.41, 5.74) is 1.16. The first-order chi connectivity index (χ1) is 12.3. The Morgan fingerprint density at radius 1 is 1.08 bits per heavy atom. The van der Waals surface area contributed by atoms with Gasteiger partial charge in [-0.15, -0.1) is 0 Å². The summed E-state index contributed by atoms with van der Waals surface area (Å²) in [7, 11) is 3.29. The number of guanidine groups is 1. The van der Waals surface area contributed by atoms with Crippen LogP contribution in [0.5, 0.6) is 0 Å². The Kier molecular flexibility index (Phi) is 9.54. The predicted molar refractivity (Wildman–Crippen MR) is 97.1 cm³/mol. The van der Waals surface area contributed by atoms with Crippen LogP contribution in [0, 0.1) is 0 Å². The molecule has 0 radical (unpaired) electrons. The van der Waals surface area contributed by atoms with E-state index < -0.39 is 12.6 Å². The number of alkyl halides is 3. The second kappa shape index (κ2) is 11.4. The van der Waals surface area contributed by atoms with Crippen LogP contribution in [0.2, 0.25) is 0 Å². The van der Waals surface area contributed by atoms with Gasteiger partial charge in [-0.3, -0.25) is 4.79 Å². The lowest BCUT2D eigenvalue weighted by Crippen LogP contribution is -2.40. The maximum Gasteiger partial charge on any atom is 0.389 e. The van der Waals surface area contributed by atoms with Crippen molar-refractivity contribution in [2.45, 2.75) is 31.9 Å². The van der Waals surface area contributed by atoms with Gasteiger partial charge in [0, 0.05) is 33.6 Å². The van der Waals surface area contributed by atoms with Crippen LogP contribution in [0.4, 0.5) is 13.2 Å². The third kappa shape index (κ3) is 10.6. The Balaban J connectivity index is 2.44. The van der Waals surface area contributed by atoms with Crippen LogP contribution in [0.3, 0.4) is 0 Å². The predicted octanol–water partition coefficient (Wildman–Crippen LogP) is 2.59. The molecule has 1 aromatic rings. The van der Waals surface area contributed by atoms with Crippen LogP contribution in [0.1, 0.15) is 24.8 Å². The van der Waals surface area contributed by atoms with Crippen molar-refractivity contribution < 1.29 is 18.0 Å². The van der Waals surface area contributed by atoms with Crippen molar-refractivity contribution >= 4 is 11.9 Å². The number of carbonyl (C=O) groups is 1. The van der Waals surface area contributed by atoms with E-state index in [0.29, 0.717) is 25.5 Å². The van der Waals surface area contributed by atoms with Crippen LogP contribution in [-0.4, -0.2) is 56.7 Å². The largest absolute Gasteiger partial charge is 0.389 e. The third-order valence-corrected chi connectivity index (χ3v) is 3.60. The Hall–Kier alpha value is -2.25. The first kappa shape index (κ1) is 21.8. The zero-order chi connectivity index (χ0) is 19.4. The topological polar surface area (TPSA) is 56.7 Å². The van der Waals surface area contributed by atoms with E-state index in [-0.39, 0.29) is 18.9 Å². The number of benzene rings is 1. The third-order valence-electron chi connectivity index (χ3n) is 3.60. The Morgan fingerprint density at radius 3 is 2.35 bits per heavy atom. The normalized spacial score (nSPS) is 12.0. The van der Waals surface area contributed by atoms with E-state index in [1.54, 1.807) is 14.1 Å². The number of hydrogen-bond acceptors (Lipinski definition) is 2. The Bertz CT molecular complexity index is 559. The number of nitrogens with one attached hydrogen (secondary N) is 2. The van der Waals surface area contributed by atoms with Crippen LogP contribution in [-0.2, 0) is 11.2 Å². The number of aliphatic imine (C=N–C) groups is 1. The second-order valence-electron chi connectivity index (χ2n) is 6.11. The molecule has 0 spiro atoms. The van der Waals surface area contributed by atoms with Gasteiger partial charge in [0.2, 0.25) is 5.91 Å². The molecule has 0 saturated heterocycles. The molecule has 0 aliphatic carbocycles. The molecule has 1 amide bonds. The lowest BCUT2D eigenvalue weighted by Gasteiger charge is -2.14. The summed E-state index contributed by atoms with van der Waals surface area (Å²) in [6.45, 7) is 0.953. The Morgan fingerprint density at radius 2 is 1.73 bits per heavy atom. The summed E-state index contributed by atoms with van der Waals surface area (Å²) in [5.74, 6) is 0.286. The minimum Gasteiger partial charge on any atom is -0.356 e. The van der Waals surface area contributed by atoms with Gasteiger partial charge >= 0.3 is 6.18 Å². The number of halogens is 3. The van der Waals surface area contributed by atoms with Crippen LogP contribution >= 0.6 is 0 Å². The molecule has 1 rings (SSSR count). The minimum absolute atomic E-state index is 0.0176. The quantitative estimate of drug-likeness (QED) is 0.398. The van der Waals surface area contributed by atoms with Gasteiger partial charge in [0.15, 0.2) is 5.96 Å². The smallest absolute Gasteiger partial charge is 0.356 e. The molecule has 0 atom stereocenters. The molecule has 26 heavy (non-hydrogen) atoms. The summed E-state index contributed by atoms with van der Waals surface area (Å²) in [4.78, 5) is 17.3. The molecule has 2 N–H and O–H groups in total. The van der Waals surface area contributed by atoms with E-state index >= 15 is 0 Å². The summed E-state index contributed by atoms with van der Waals surface area (Å²) in [5, 5.41) is 6.10. The molecule has 0 saturated carbocycles. The van der Waals surface area contributed by atoms with Crippen molar-refractivity contribution in [2.75, 3.05) is 33.7 Å². The van der Waals surface area contributed by atoms with Gasteiger partial charge in [-0.05, 0) is 24.8 Å². The molecule has 5 nitrogen and oxygen atoms in total. The SMILES string of the molecule is CN(C)C(=O)CN=C(NCCCCC(F)(F)F)NCCc1ccccc1. The lowest BCUT2D eigenvalue weighted by molar-refractivity contribution is -0.135. The average Bonchev–Trinajstić information content (AvgIpc) is 2.58. The average molecular weight is 372 g/mol. The summed E-state index contributed by atoms with van der Waals surface area (Å²) in [6, 6.07) is 9.88. The molecule has 0 aliphatic heterocycles. The summed E-state index contributed by atoms with van der Waals surface area (Å²) < 4.78 is 36.5. The summed E-state index contributed by atoms with van der Waals surface area (Å²) in [6.07, 6.45) is -3.70. The Labute approximate surface area is 152 Å². The zero-order valence-corrected chi connectivity index (χ0v) is 15.3. The fourth-order valence-corrected chi connectivity index (χ4v) is 2.09. The van der Waals surface area contributed by atoms with Gasteiger partial charge < -0.3 is 15.5 Å². The molecule has 0 aromatic heterocycles. The number of carbonyl (C=O) groups excluding carboxylic acids is 1. The highest BCUT2D eigenvalue weighted by Gasteiger charge is 2.25. The molecule has 0 fully saturated rings. The molecule has 8 heteroatoms. The molecule has 1 aromatic carbocycles. The molecular formula is C18H27F3N4O. The first-order valence-electron chi connectivity index (χ1n) is 8.61. The minimum atomic E-state index is -4.12. The molecule has 0 bridgehead atoms. The maximum atomic E-state index is 12.2. The van der Waals surface area contributed by atoms with Crippen LogP contribution < -0.4 is 10.6 Å². The lowest BCUT2D eigenvalue weighted by atomic mass is 10.1. The fourth-order valence-electron chi connectivity index (χ4n) is 2.09. The van der Waals surface area contributed by atoms with E-state index in [4.69, 9.17) is 0 Å². The fraction of sp³-hybridized carbons (Fsp3) is 0.556. The second-order valence-corrected chi connectivity index (χ2v) is 6.11. The van der Waals surface area contributed by atoms with Gasteiger partial charge in [-0.1, -0.05) is 30.3 Å². The monoisotopic (exact) mass is 372 g/mol. The van der Waals surface area contributed by atoms with Gasteiger partial charge in [-0.25, -0.2) is 4.99 Å². The molecular weight excluding hydrogens is 345 g/mol. The first-order valence-corrected chi connectivity index (χ1v) is 8.61. The highest BCUT2D eigenvalue weighted by Crippen LogP contribution is 2.21. The number of unbranched alkanes of at least 4 members (excludes halogenated alkanes) is 1. The van der Waals surface area contributed by atoms with Gasteiger partial charge in [0.1, 0.15) is 6.54 Å². The van der Waals surface area contributed by atoms with E-state index in [1.165, 1.54) is 4.90 Å². The number of amides is 1. The highest BCUT2D eigenvalue weighted by molar-refractivity contribution is 5.84. The maximum absolute atomic E-state index is 12.2. The van der Waals surface area contributed by atoms with Crippen LogP contribution in [0.25, 0.3) is 0 Å². The van der Waals surface area contributed by atoms with Crippen LogP contribution in [0.15, 0.2) is 35.3 Å². The zero-order valence-electron chi connectivity index (χ0n) is 15.3. The van der Waals surface area contributed by atoms with E-state index in [1.807, 2.05) is 30.3 Å². The van der Waals surface area contributed by atoms with E-state index in [2.05, 4.69) is 15.6 Å². The van der Waals surface area contributed by atoms with E-state index in [9.17, 15) is 18.0 Å². The number of hydrogen-bond donors (Lipinski definition) is 2. The van der Waals surface area contributed by atoms with Crippen molar-refractivity contribution in [3.63, 3.8) is 0 Å². The number of nitrogens with zero attached hydrogens (tertiary/aromatic N) is 2. The van der Waals surface area contributed by atoms with Crippen molar-refractivity contribution in [3.05, 3.63) is 35.9 Å². The van der Waals surface area contributed by atoms with Crippen molar-refractivity contribution in [1.29, 1.82) is 0 Å². The van der Waals surface area contributed by atoms with Crippen molar-refractivity contribution in [2.24, 2.45) is 4.99 Å². The number of rotatable bonds is 9. The van der Waals surface area contributed by atoms with Gasteiger partial charge in [0.05, 0.1) is 0 Å². The van der Waals surface area contributed by atoms with E-state index in [0.717, 1.165) is 12.0 Å². The molecule has 0 aliphatic rings. The summed E-state index contributed by atoms with van der Waals surface area (Å²) >= 11 is 0.